The minimum atomic E-state index is -5.18. The van der Waals surface area contributed by atoms with Crippen molar-refractivity contribution in [2.45, 2.75) is 142 Å². The van der Waals surface area contributed by atoms with Crippen molar-refractivity contribution in [2.75, 3.05) is 33.2 Å². The molecule has 238 valence electrons. The molecule has 1 amide bonds. The number of carbonyl (C=O) groups excluding carboxylic acids is 2. The van der Waals surface area contributed by atoms with E-state index in [9.17, 15) is 23.9 Å². The smallest absolute Gasteiger partial charge is 0.790 e. The molecule has 0 saturated heterocycles. The summed E-state index contributed by atoms with van der Waals surface area (Å²) in [5, 5.41) is 2.79. The molecule has 0 unspecified atom stereocenters. The van der Waals surface area contributed by atoms with E-state index < -0.39 is 26.5 Å². The Bertz CT molecular complexity index is 657. The second kappa shape index (κ2) is 34.8. The predicted octanol–water partition coefficient (Wildman–Crippen LogP) is -0.690. The van der Waals surface area contributed by atoms with Crippen LogP contribution in [0.1, 0.15) is 136 Å². The number of nitrogens with one attached hydrogen (secondary N) is 1. The third-order valence-corrected chi connectivity index (χ3v) is 6.98. The fraction of sp³-hybridized carbons (Fsp3) is 0.931. The molecule has 0 radical (unpaired) electrons. The SMILES string of the molecule is CCCCCCCCCCCCCC(=O)O[C@H](COCOCCCCCCCCCNC(C)=O)COP(=O)([O-])[O-].[Na+].[Na+]. The van der Waals surface area contributed by atoms with Crippen molar-refractivity contribution in [1.82, 2.24) is 5.32 Å². The summed E-state index contributed by atoms with van der Waals surface area (Å²) in [7, 11) is -5.18. The molecule has 0 aromatic carbocycles. The second-order valence-corrected chi connectivity index (χ2v) is 11.6. The van der Waals surface area contributed by atoms with Crippen molar-refractivity contribution in [3.8, 4) is 0 Å². The zero-order chi connectivity index (χ0) is 29.7. The number of unbranched alkanes of at least 4 members (excludes halogenated alkanes) is 16. The molecule has 0 fully saturated rings. The first-order valence-corrected chi connectivity index (χ1v) is 17.0. The van der Waals surface area contributed by atoms with Gasteiger partial charge in [-0.15, -0.1) is 0 Å². The fourth-order valence-electron chi connectivity index (χ4n) is 4.24. The number of hydrogen-bond donors (Lipinski definition) is 1. The van der Waals surface area contributed by atoms with Crippen LogP contribution in [0.25, 0.3) is 0 Å². The van der Waals surface area contributed by atoms with E-state index >= 15 is 0 Å². The zero-order valence-electron chi connectivity index (χ0n) is 27.2. The quantitative estimate of drug-likeness (QED) is 0.0355. The topological polar surface area (TPSA) is 146 Å². The van der Waals surface area contributed by atoms with Gasteiger partial charge in [-0.3, -0.25) is 9.59 Å². The molecule has 0 aliphatic rings. The van der Waals surface area contributed by atoms with Crippen LogP contribution in [0, 0.1) is 0 Å². The average Bonchev–Trinajstić information content (AvgIpc) is 2.89. The number of ether oxygens (including phenoxy) is 3. The van der Waals surface area contributed by atoms with Gasteiger partial charge >= 0.3 is 65.1 Å². The maximum atomic E-state index is 12.2. The van der Waals surface area contributed by atoms with E-state index in [0.717, 1.165) is 70.8 Å². The van der Waals surface area contributed by atoms with Gasteiger partial charge in [-0.05, 0) is 19.3 Å². The molecule has 0 saturated carbocycles. The Labute approximate surface area is 299 Å². The molecule has 0 aliphatic heterocycles. The van der Waals surface area contributed by atoms with Gasteiger partial charge in [-0.1, -0.05) is 103 Å². The van der Waals surface area contributed by atoms with E-state index in [4.69, 9.17) is 14.2 Å². The van der Waals surface area contributed by atoms with Gasteiger partial charge in [0.2, 0.25) is 5.91 Å². The van der Waals surface area contributed by atoms with Crippen LogP contribution in [-0.2, 0) is 32.9 Å². The van der Waals surface area contributed by atoms with Crippen LogP contribution in [0.2, 0.25) is 0 Å². The van der Waals surface area contributed by atoms with Crippen LogP contribution in [0.5, 0.6) is 0 Å². The number of carbonyl (C=O) groups is 2. The monoisotopic (exact) mass is 639 g/mol. The predicted molar refractivity (Wildman–Crippen MR) is 152 cm³/mol. The minimum absolute atomic E-state index is 0. The Balaban J connectivity index is -0.00000760. The first-order valence-electron chi connectivity index (χ1n) is 15.5. The normalized spacial score (nSPS) is 11.8. The van der Waals surface area contributed by atoms with Gasteiger partial charge in [0, 0.05) is 26.5 Å². The Morgan fingerprint density at radius 2 is 1.21 bits per heavy atom. The minimum Gasteiger partial charge on any atom is -0.790 e. The molecule has 13 heteroatoms. The van der Waals surface area contributed by atoms with Gasteiger partial charge in [-0.25, -0.2) is 0 Å². The number of rotatable bonds is 30. The molecule has 42 heavy (non-hydrogen) atoms. The van der Waals surface area contributed by atoms with Gasteiger partial charge in [0.05, 0.1) is 21.0 Å². The van der Waals surface area contributed by atoms with E-state index in [0.29, 0.717) is 13.0 Å². The molecule has 0 aliphatic carbocycles. The molecule has 10 nitrogen and oxygen atoms in total. The first kappa shape index (κ1) is 47.4. The maximum Gasteiger partial charge on any atom is 1.00 e. The van der Waals surface area contributed by atoms with Gasteiger partial charge in [0.1, 0.15) is 12.9 Å². The molecule has 0 spiro atoms. The number of phosphoric acid groups is 1. The summed E-state index contributed by atoms with van der Waals surface area (Å²) in [6.45, 7) is 4.29. The fourth-order valence-corrected chi connectivity index (χ4v) is 4.59. The van der Waals surface area contributed by atoms with E-state index in [1.165, 1.54) is 51.9 Å². The van der Waals surface area contributed by atoms with Crippen LogP contribution in [-0.4, -0.2) is 51.1 Å². The van der Waals surface area contributed by atoms with Crippen LogP contribution >= 0.6 is 7.82 Å². The molecule has 1 N–H and O–H groups in total. The molecule has 0 aromatic heterocycles. The molecule has 0 heterocycles. The van der Waals surface area contributed by atoms with Crippen molar-refractivity contribution in [2.24, 2.45) is 0 Å². The van der Waals surface area contributed by atoms with Crippen molar-refractivity contribution in [3.63, 3.8) is 0 Å². The van der Waals surface area contributed by atoms with E-state index in [-0.39, 0.29) is 84.8 Å². The molecular formula is C29H56NNa2O9P. The Morgan fingerprint density at radius 3 is 1.74 bits per heavy atom. The summed E-state index contributed by atoms with van der Waals surface area (Å²) in [4.78, 5) is 44.7. The summed E-state index contributed by atoms with van der Waals surface area (Å²) in [5.74, 6) is -0.449. The third-order valence-electron chi connectivity index (χ3n) is 6.51. The number of phosphoric ester groups is 1. The van der Waals surface area contributed by atoms with Gasteiger partial charge in [0.25, 0.3) is 0 Å². The number of amides is 1. The van der Waals surface area contributed by atoms with Crippen molar-refractivity contribution >= 4 is 19.7 Å². The van der Waals surface area contributed by atoms with E-state index in [1.54, 1.807) is 0 Å². The Kier molecular flexibility index (Phi) is 39.3. The van der Waals surface area contributed by atoms with Crippen LogP contribution in [0.3, 0.4) is 0 Å². The molecule has 0 aromatic rings. The maximum absolute atomic E-state index is 12.2. The number of hydrogen-bond acceptors (Lipinski definition) is 9. The van der Waals surface area contributed by atoms with Crippen LogP contribution < -0.4 is 74.2 Å². The van der Waals surface area contributed by atoms with Gasteiger partial charge in [-0.2, -0.15) is 0 Å². The van der Waals surface area contributed by atoms with E-state index in [2.05, 4.69) is 16.8 Å². The second-order valence-electron chi connectivity index (χ2n) is 10.5. The largest absolute Gasteiger partial charge is 1.00 e. The molecular weight excluding hydrogens is 583 g/mol. The van der Waals surface area contributed by atoms with Crippen LogP contribution in [0.15, 0.2) is 0 Å². The van der Waals surface area contributed by atoms with E-state index in [1.807, 2.05) is 0 Å². The van der Waals surface area contributed by atoms with Crippen molar-refractivity contribution in [1.29, 1.82) is 0 Å². The standard InChI is InChI=1S/C29H58NO9P.2Na/c1-3-4-5-6-7-8-9-10-12-15-18-21-29(32)39-28(25-38-40(33,34)35)24-37-26-36-23-20-17-14-11-13-16-19-22-30-27(2)31;;/h28H,3-26H2,1-2H3,(H,30,31)(H2,33,34,35);;/q;2*+1/p-2/t28-;;/m1../s1. The molecule has 0 bridgehead atoms. The zero-order valence-corrected chi connectivity index (χ0v) is 32.1. The van der Waals surface area contributed by atoms with Crippen LogP contribution in [0.4, 0.5) is 0 Å². The summed E-state index contributed by atoms with van der Waals surface area (Å²) in [5.41, 5.74) is 0. The Hall–Kier alpha value is 0.970. The number of esters is 1. The summed E-state index contributed by atoms with van der Waals surface area (Å²) in [6, 6.07) is 0. The molecule has 0 rings (SSSR count). The van der Waals surface area contributed by atoms with Crippen molar-refractivity contribution in [3.05, 3.63) is 0 Å². The first-order chi connectivity index (χ1) is 19.2. The average molecular weight is 640 g/mol. The summed E-state index contributed by atoms with van der Waals surface area (Å²) in [6.07, 6.45) is 19.6. The van der Waals surface area contributed by atoms with Gasteiger partial charge in [0.15, 0.2) is 0 Å². The van der Waals surface area contributed by atoms with Crippen molar-refractivity contribution < 1.29 is 102 Å². The third kappa shape index (κ3) is 39.0. The Morgan fingerprint density at radius 1 is 0.714 bits per heavy atom. The summed E-state index contributed by atoms with van der Waals surface area (Å²) >= 11 is 0. The molecule has 1 atom stereocenters. The van der Waals surface area contributed by atoms with Gasteiger partial charge < -0.3 is 38.4 Å². The summed E-state index contributed by atoms with van der Waals surface area (Å²) < 4.78 is 31.3.